The monoisotopic (exact) mass is 456 g/mol. The van der Waals surface area contributed by atoms with Crippen LogP contribution in [0.15, 0.2) is 84.1 Å². The van der Waals surface area contributed by atoms with Crippen molar-refractivity contribution in [2.45, 2.75) is 40.0 Å². The first-order valence-electron chi connectivity index (χ1n) is 11.2. The standard InChI is InChI=1S/C28H28N2O4/c1-18-9-10-19(2)23(15-18)17-33-24-13-11-22(12-14-24)26-25(20(3)29-28(32)30-26)27(31)34-16-21-7-5-4-6-8-21/h4-15,26H,16-17H2,1-3H3,(H2,29,30,32). The first-order valence-corrected chi connectivity index (χ1v) is 11.2. The van der Waals surface area contributed by atoms with Crippen LogP contribution in [0, 0.1) is 13.8 Å². The molecule has 174 valence electrons. The fourth-order valence-electron chi connectivity index (χ4n) is 3.89. The summed E-state index contributed by atoms with van der Waals surface area (Å²) in [6, 6.07) is 22.2. The quantitative estimate of drug-likeness (QED) is 0.476. The molecule has 4 rings (SSSR count). The molecule has 0 bridgehead atoms. The Bertz CT molecular complexity index is 1220. The topological polar surface area (TPSA) is 76.7 Å². The van der Waals surface area contributed by atoms with E-state index in [2.05, 4.69) is 42.7 Å². The first kappa shape index (κ1) is 23.1. The van der Waals surface area contributed by atoms with Gasteiger partial charge in [0.2, 0.25) is 0 Å². The molecule has 34 heavy (non-hydrogen) atoms. The van der Waals surface area contributed by atoms with Crippen LogP contribution in [0.25, 0.3) is 0 Å². The van der Waals surface area contributed by atoms with Crippen LogP contribution in [0.1, 0.15) is 40.8 Å². The lowest BCUT2D eigenvalue weighted by atomic mass is 9.95. The number of ether oxygens (including phenoxy) is 2. The third-order valence-electron chi connectivity index (χ3n) is 5.81. The summed E-state index contributed by atoms with van der Waals surface area (Å²) in [4.78, 5) is 25.1. The molecule has 1 aliphatic rings. The second-order valence-electron chi connectivity index (χ2n) is 8.42. The molecule has 6 heteroatoms. The van der Waals surface area contributed by atoms with Gasteiger partial charge in [-0.05, 0) is 55.2 Å². The molecule has 3 aromatic carbocycles. The molecule has 0 aromatic heterocycles. The lowest BCUT2D eigenvalue weighted by Gasteiger charge is -2.28. The minimum atomic E-state index is -0.620. The van der Waals surface area contributed by atoms with Crippen molar-refractivity contribution in [3.8, 4) is 5.75 Å². The van der Waals surface area contributed by atoms with E-state index in [1.165, 1.54) is 11.1 Å². The van der Waals surface area contributed by atoms with E-state index in [4.69, 9.17) is 9.47 Å². The van der Waals surface area contributed by atoms with Crippen molar-refractivity contribution < 1.29 is 19.1 Å². The lowest BCUT2D eigenvalue weighted by molar-refractivity contribution is -0.140. The van der Waals surface area contributed by atoms with Crippen molar-refractivity contribution in [2.24, 2.45) is 0 Å². The Morgan fingerprint density at radius 3 is 2.38 bits per heavy atom. The third kappa shape index (κ3) is 5.46. The van der Waals surface area contributed by atoms with E-state index in [1.807, 2.05) is 54.6 Å². The van der Waals surface area contributed by atoms with Crippen LogP contribution in [-0.2, 0) is 22.7 Å². The number of hydrogen-bond donors (Lipinski definition) is 2. The molecule has 1 unspecified atom stereocenters. The van der Waals surface area contributed by atoms with E-state index in [9.17, 15) is 9.59 Å². The van der Waals surface area contributed by atoms with Crippen molar-refractivity contribution in [3.63, 3.8) is 0 Å². The molecule has 0 aliphatic carbocycles. The number of aryl methyl sites for hydroxylation is 2. The second kappa shape index (κ2) is 10.3. The van der Waals surface area contributed by atoms with Gasteiger partial charge < -0.3 is 20.1 Å². The van der Waals surface area contributed by atoms with E-state index in [1.54, 1.807) is 6.92 Å². The summed E-state index contributed by atoms with van der Waals surface area (Å²) in [5.41, 5.74) is 6.01. The number of rotatable bonds is 7. The summed E-state index contributed by atoms with van der Waals surface area (Å²) in [5, 5.41) is 5.51. The molecule has 0 radical (unpaired) electrons. The Hall–Kier alpha value is -4.06. The number of allylic oxidation sites excluding steroid dienone is 1. The van der Waals surface area contributed by atoms with Crippen LogP contribution in [0.4, 0.5) is 4.79 Å². The van der Waals surface area contributed by atoms with Crippen LogP contribution in [-0.4, -0.2) is 12.0 Å². The maximum absolute atomic E-state index is 13.0. The van der Waals surface area contributed by atoms with E-state index in [-0.39, 0.29) is 12.6 Å². The Kier molecular flexibility index (Phi) is 6.97. The molecular weight excluding hydrogens is 428 g/mol. The van der Waals surface area contributed by atoms with E-state index < -0.39 is 12.0 Å². The minimum absolute atomic E-state index is 0.155. The predicted octanol–water partition coefficient (Wildman–Crippen LogP) is 5.25. The number of amides is 2. The van der Waals surface area contributed by atoms with Gasteiger partial charge in [-0.3, -0.25) is 0 Å². The SMILES string of the molecule is CC1=C(C(=O)OCc2ccccc2)C(c2ccc(OCc3cc(C)ccc3C)cc2)NC(=O)N1. The minimum Gasteiger partial charge on any atom is -0.489 e. The molecule has 1 heterocycles. The van der Waals surface area contributed by atoms with Gasteiger partial charge in [-0.2, -0.15) is 0 Å². The highest BCUT2D eigenvalue weighted by atomic mass is 16.5. The molecule has 1 aliphatic heterocycles. The summed E-state index contributed by atoms with van der Waals surface area (Å²) in [5.74, 6) is 0.230. The normalized spacial score (nSPS) is 15.4. The van der Waals surface area contributed by atoms with Crippen molar-refractivity contribution in [1.82, 2.24) is 10.6 Å². The Labute approximate surface area is 199 Å². The van der Waals surface area contributed by atoms with Gasteiger partial charge in [0.1, 0.15) is 19.0 Å². The van der Waals surface area contributed by atoms with Gasteiger partial charge in [0.05, 0.1) is 11.6 Å². The first-order chi connectivity index (χ1) is 16.4. The highest BCUT2D eigenvalue weighted by molar-refractivity contribution is 5.95. The summed E-state index contributed by atoms with van der Waals surface area (Å²) in [6.45, 7) is 6.44. The van der Waals surface area contributed by atoms with Gasteiger partial charge in [-0.25, -0.2) is 9.59 Å². The summed E-state index contributed by atoms with van der Waals surface area (Å²) in [7, 11) is 0. The van der Waals surface area contributed by atoms with Crippen molar-refractivity contribution >= 4 is 12.0 Å². The summed E-state index contributed by atoms with van der Waals surface area (Å²) in [6.07, 6.45) is 0. The molecule has 2 amide bonds. The van der Waals surface area contributed by atoms with Crippen LogP contribution in [0.3, 0.4) is 0 Å². The number of urea groups is 1. The molecule has 0 spiro atoms. The maximum Gasteiger partial charge on any atom is 0.338 e. The molecule has 0 fully saturated rings. The fraction of sp³-hybridized carbons (Fsp3) is 0.214. The van der Waals surface area contributed by atoms with Crippen LogP contribution in [0.5, 0.6) is 5.75 Å². The van der Waals surface area contributed by atoms with E-state index in [0.717, 1.165) is 16.7 Å². The lowest BCUT2D eigenvalue weighted by Crippen LogP contribution is -2.45. The third-order valence-corrected chi connectivity index (χ3v) is 5.81. The van der Waals surface area contributed by atoms with Crippen LogP contribution in [0.2, 0.25) is 0 Å². The average Bonchev–Trinajstić information content (AvgIpc) is 2.83. The van der Waals surface area contributed by atoms with Gasteiger partial charge in [-0.15, -0.1) is 0 Å². The Balaban J connectivity index is 1.48. The number of nitrogens with one attached hydrogen (secondary N) is 2. The average molecular weight is 457 g/mol. The molecule has 0 saturated heterocycles. The van der Waals surface area contributed by atoms with Gasteiger partial charge in [0.15, 0.2) is 0 Å². The number of benzene rings is 3. The van der Waals surface area contributed by atoms with Crippen molar-refractivity contribution in [3.05, 3.63) is 112 Å². The maximum atomic E-state index is 13.0. The predicted molar refractivity (Wildman–Crippen MR) is 130 cm³/mol. The highest BCUT2D eigenvalue weighted by Crippen LogP contribution is 2.29. The molecule has 0 saturated carbocycles. The number of carbonyl (C=O) groups excluding carboxylic acids is 2. The highest BCUT2D eigenvalue weighted by Gasteiger charge is 2.32. The zero-order valence-corrected chi connectivity index (χ0v) is 19.6. The van der Waals surface area contributed by atoms with Gasteiger partial charge in [0.25, 0.3) is 0 Å². The second-order valence-corrected chi connectivity index (χ2v) is 8.42. The smallest absolute Gasteiger partial charge is 0.338 e. The van der Waals surface area contributed by atoms with E-state index >= 15 is 0 Å². The molecule has 2 N–H and O–H groups in total. The molecule has 6 nitrogen and oxygen atoms in total. The van der Waals surface area contributed by atoms with Crippen molar-refractivity contribution in [1.29, 1.82) is 0 Å². The molecular formula is C28H28N2O4. The number of carbonyl (C=O) groups is 2. The molecule has 1 atom stereocenters. The van der Waals surface area contributed by atoms with Crippen LogP contribution >= 0.6 is 0 Å². The van der Waals surface area contributed by atoms with Gasteiger partial charge in [-0.1, -0.05) is 66.2 Å². The van der Waals surface area contributed by atoms with E-state index in [0.29, 0.717) is 23.6 Å². The fourth-order valence-corrected chi connectivity index (χ4v) is 3.89. The summed E-state index contributed by atoms with van der Waals surface area (Å²) < 4.78 is 11.5. The summed E-state index contributed by atoms with van der Waals surface area (Å²) >= 11 is 0. The Morgan fingerprint density at radius 2 is 1.65 bits per heavy atom. The zero-order valence-electron chi connectivity index (χ0n) is 19.6. The number of hydrogen-bond acceptors (Lipinski definition) is 4. The van der Waals surface area contributed by atoms with Crippen molar-refractivity contribution in [2.75, 3.05) is 0 Å². The largest absolute Gasteiger partial charge is 0.489 e. The number of esters is 1. The van der Waals surface area contributed by atoms with Crippen LogP contribution < -0.4 is 15.4 Å². The Morgan fingerprint density at radius 1 is 0.912 bits per heavy atom. The zero-order chi connectivity index (χ0) is 24.1. The van der Waals surface area contributed by atoms with Gasteiger partial charge >= 0.3 is 12.0 Å². The molecule has 3 aromatic rings. The van der Waals surface area contributed by atoms with Gasteiger partial charge in [0, 0.05) is 5.70 Å².